The second-order valence-electron chi connectivity index (χ2n) is 7.22. The van der Waals surface area contributed by atoms with Gasteiger partial charge in [0.1, 0.15) is 6.20 Å². The highest BCUT2D eigenvalue weighted by Gasteiger charge is 2.28. The number of ether oxygens (including phenoxy) is 3. The number of carbonyl (C=O) groups is 1. The number of rotatable bonds is 7. The van der Waals surface area contributed by atoms with Crippen molar-refractivity contribution in [3.63, 3.8) is 0 Å². The molecule has 0 radical (unpaired) electrons. The number of fused-ring (bicyclic) bond motifs is 1. The summed E-state index contributed by atoms with van der Waals surface area (Å²) in [7, 11) is 0. The van der Waals surface area contributed by atoms with Gasteiger partial charge in [0, 0.05) is 19.6 Å². The highest BCUT2D eigenvalue weighted by Crippen LogP contribution is 2.33. The molecule has 1 aromatic heterocycles. The highest BCUT2D eigenvalue weighted by molar-refractivity contribution is 5.72. The first-order chi connectivity index (χ1) is 15.0. The number of anilines is 2. The maximum absolute atomic E-state index is 11.9. The van der Waals surface area contributed by atoms with Gasteiger partial charge in [-0.25, -0.2) is 4.98 Å². The van der Waals surface area contributed by atoms with Gasteiger partial charge >= 0.3 is 11.7 Å². The van der Waals surface area contributed by atoms with Crippen molar-refractivity contribution >= 4 is 23.4 Å². The minimum Gasteiger partial charge on any atom is -0.466 e. The molecular formula is C20H23N5O6. The SMILES string of the molecule is CCOC(=O)C1CCN(c2ncc([N+](=O)[O-])c(NCc3ccc4c(c3)OCO4)n2)CC1. The van der Waals surface area contributed by atoms with Gasteiger partial charge in [0.15, 0.2) is 11.5 Å². The number of hydrogen-bond acceptors (Lipinski definition) is 10. The van der Waals surface area contributed by atoms with Crippen LogP contribution in [0.3, 0.4) is 0 Å². The molecule has 0 unspecified atom stereocenters. The van der Waals surface area contributed by atoms with Crippen LogP contribution in [0.25, 0.3) is 0 Å². The van der Waals surface area contributed by atoms with E-state index in [1.165, 1.54) is 6.20 Å². The number of aromatic nitrogens is 2. The summed E-state index contributed by atoms with van der Waals surface area (Å²) in [4.78, 5) is 33.4. The van der Waals surface area contributed by atoms with Crippen LogP contribution in [0.15, 0.2) is 24.4 Å². The van der Waals surface area contributed by atoms with Crippen molar-refractivity contribution in [2.45, 2.75) is 26.3 Å². The Labute approximate surface area is 178 Å². The van der Waals surface area contributed by atoms with Crippen molar-refractivity contribution in [3.05, 3.63) is 40.1 Å². The van der Waals surface area contributed by atoms with Crippen LogP contribution in [0.4, 0.5) is 17.5 Å². The molecule has 31 heavy (non-hydrogen) atoms. The van der Waals surface area contributed by atoms with Crippen molar-refractivity contribution < 1.29 is 23.9 Å². The van der Waals surface area contributed by atoms with E-state index in [0.29, 0.717) is 56.5 Å². The van der Waals surface area contributed by atoms with Crippen molar-refractivity contribution in [2.75, 3.05) is 36.7 Å². The van der Waals surface area contributed by atoms with E-state index in [-0.39, 0.29) is 30.2 Å². The molecule has 11 heteroatoms. The number of hydrogen-bond donors (Lipinski definition) is 1. The second-order valence-corrected chi connectivity index (χ2v) is 7.22. The summed E-state index contributed by atoms with van der Waals surface area (Å²) >= 11 is 0. The van der Waals surface area contributed by atoms with Crippen LogP contribution in [0, 0.1) is 16.0 Å². The average molecular weight is 429 g/mol. The summed E-state index contributed by atoms with van der Waals surface area (Å²) < 4.78 is 15.8. The van der Waals surface area contributed by atoms with Crippen LogP contribution in [0.1, 0.15) is 25.3 Å². The van der Waals surface area contributed by atoms with Crippen LogP contribution < -0.4 is 19.7 Å². The normalized spacial score (nSPS) is 15.6. The molecule has 0 saturated carbocycles. The Morgan fingerprint density at radius 2 is 2.10 bits per heavy atom. The second kappa shape index (κ2) is 9.02. The lowest BCUT2D eigenvalue weighted by Crippen LogP contribution is -2.38. The fourth-order valence-electron chi connectivity index (χ4n) is 3.59. The molecule has 4 rings (SSSR count). The zero-order valence-electron chi connectivity index (χ0n) is 17.1. The molecule has 0 spiro atoms. The van der Waals surface area contributed by atoms with E-state index in [9.17, 15) is 14.9 Å². The third-order valence-corrected chi connectivity index (χ3v) is 5.25. The Hall–Kier alpha value is -3.63. The molecule has 3 heterocycles. The lowest BCUT2D eigenvalue weighted by atomic mass is 9.97. The Morgan fingerprint density at radius 1 is 1.32 bits per heavy atom. The van der Waals surface area contributed by atoms with E-state index in [1.807, 2.05) is 17.0 Å². The zero-order chi connectivity index (χ0) is 21.8. The van der Waals surface area contributed by atoms with Gasteiger partial charge in [-0.2, -0.15) is 4.98 Å². The fraction of sp³-hybridized carbons (Fsp3) is 0.450. The molecule has 1 saturated heterocycles. The van der Waals surface area contributed by atoms with E-state index in [0.717, 1.165) is 5.56 Å². The third-order valence-electron chi connectivity index (χ3n) is 5.25. The predicted octanol–water partition coefficient (Wildman–Crippen LogP) is 2.51. The molecule has 1 N–H and O–H groups in total. The number of piperidine rings is 1. The predicted molar refractivity (Wildman–Crippen MR) is 110 cm³/mol. The smallest absolute Gasteiger partial charge is 0.329 e. The van der Waals surface area contributed by atoms with Crippen LogP contribution in [-0.2, 0) is 16.1 Å². The van der Waals surface area contributed by atoms with E-state index >= 15 is 0 Å². The van der Waals surface area contributed by atoms with Crippen LogP contribution in [0.2, 0.25) is 0 Å². The molecule has 2 aliphatic heterocycles. The molecule has 2 aromatic rings. The number of carbonyl (C=O) groups excluding carboxylic acids is 1. The Bertz CT molecular complexity index is 977. The van der Waals surface area contributed by atoms with Gasteiger partial charge in [-0.1, -0.05) is 6.07 Å². The van der Waals surface area contributed by atoms with Crippen molar-refractivity contribution in [1.29, 1.82) is 0 Å². The number of nitrogens with zero attached hydrogens (tertiary/aromatic N) is 4. The number of esters is 1. The lowest BCUT2D eigenvalue weighted by Gasteiger charge is -2.30. The van der Waals surface area contributed by atoms with Gasteiger partial charge in [-0.3, -0.25) is 14.9 Å². The molecule has 0 aliphatic carbocycles. The van der Waals surface area contributed by atoms with E-state index in [4.69, 9.17) is 14.2 Å². The van der Waals surface area contributed by atoms with Crippen LogP contribution in [-0.4, -0.2) is 47.3 Å². The summed E-state index contributed by atoms with van der Waals surface area (Å²) in [5.74, 6) is 1.52. The van der Waals surface area contributed by atoms with Crippen LogP contribution in [0.5, 0.6) is 11.5 Å². The van der Waals surface area contributed by atoms with Gasteiger partial charge < -0.3 is 24.4 Å². The van der Waals surface area contributed by atoms with Crippen LogP contribution >= 0.6 is 0 Å². The Balaban J connectivity index is 1.45. The maximum Gasteiger partial charge on any atom is 0.329 e. The summed E-state index contributed by atoms with van der Waals surface area (Å²) in [6.45, 7) is 3.79. The van der Waals surface area contributed by atoms with Gasteiger partial charge in [0.25, 0.3) is 0 Å². The molecule has 1 aromatic carbocycles. The minimum absolute atomic E-state index is 0.139. The molecule has 0 atom stereocenters. The fourth-order valence-corrected chi connectivity index (χ4v) is 3.59. The molecule has 1 fully saturated rings. The van der Waals surface area contributed by atoms with Crippen molar-refractivity contribution in [3.8, 4) is 11.5 Å². The summed E-state index contributed by atoms with van der Waals surface area (Å²) in [6.07, 6.45) is 2.46. The molecule has 0 bridgehead atoms. The van der Waals surface area contributed by atoms with E-state index < -0.39 is 4.92 Å². The molecular weight excluding hydrogens is 406 g/mol. The van der Waals surface area contributed by atoms with E-state index in [2.05, 4.69) is 15.3 Å². The topological polar surface area (TPSA) is 129 Å². The lowest BCUT2D eigenvalue weighted by molar-refractivity contribution is -0.384. The first-order valence-corrected chi connectivity index (χ1v) is 10.1. The quantitative estimate of drug-likeness (QED) is 0.398. The average Bonchev–Trinajstić information content (AvgIpc) is 3.25. The Morgan fingerprint density at radius 3 is 2.84 bits per heavy atom. The summed E-state index contributed by atoms with van der Waals surface area (Å²) in [6, 6.07) is 5.48. The minimum atomic E-state index is -0.515. The molecule has 164 valence electrons. The Kier molecular flexibility index (Phi) is 6.01. The summed E-state index contributed by atoms with van der Waals surface area (Å²) in [5, 5.41) is 14.5. The number of benzene rings is 1. The zero-order valence-corrected chi connectivity index (χ0v) is 17.1. The highest BCUT2D eigenvalue weighted by atomic mass is 16.7. The third kappa shape index (κ3) is 4.60. The van der Waals surface area contributed by atoms with Gasteiger partial charge in [-0.15, -0.1) is 0 Å². The van der Waals surface area contributed by atoms with E-state index in [1.54, 1.807) is 13.0 Å². The maximum atomic E-state index is 11.9. The largest absolute Gasteiger partial charge is 0.466 e. The summed E-state index contributed by atoms with van der Waals surface area (Å²) in [5.41, 5.74) is 0.667. The number of nitro groups is 1. The van der Waals surface area contributed by atoms with Crippen molar-refractivity contribution in [1.82, 2.24) is 9.97 Å². The monoisotopic (exact) mass is 429 g/mol. The molecule has 2 aliphatic rings. The first-order valence-electron chi connectivity index (χ1n) is 10.1. The van der Waals surface area contributed by atoms with Crippen molar-refractivity contribution in [2.24, 2.45) is 5.92 Å². The van der Waals surface area contributed by atoms with Gasteiger partial charge in [0.05, 0.1) is 17.4 Å². The standard InChI is InChI=1S/C20H23N5O6/c1-2-29-19(26)14-5-7-24(8-6-14)20-22-11-15(25(27)28)18(23-20)21-10-13-3-4-16-17(9-13)31-12-30-16/h3-4,9,11,14H,2,5-8,10,12H2,1H3,(H,21,22,23). The first kappa shape index (κ1) is 20.6. The van der Waals surface area contributed by atoms with Gasteiger partial charge in [-0.05, 0) is 37.5 Å². The van der Waals surface area contributed by atoms with Gasteiger partial charge in [0.2, 0.25) is 18.6 Å². The molecule has 0 amide bonds. The number of nitrogens with one attached hydrogen (secondary N) is 1. The molecule has 11 nitrogen and oxygen atoms in total.